The van der Waals surface area contributed by atoms with Crippen molar-refractivity contribution < 1.29 is 28.3 Å². The van der Waals surface area contributed by atoms with Crippen molar-refractivity contribution in [3.8, 4) is 0 Å². The zero-order valence-electron chi connectivity index (χ0n) is 18.5. The molecule has 1 N–H and O–H groups in total. The van der Waals surface area contributed by atoms with Crippen LogP contribution >= 0.6 is 0 Å². The zero-order valence-corrected chi connectivity index (χ0v) is 18.5. The number of urea groups is 1. The molecule has 0 saturated carbocycles. The van der Waals surface area contributed by atoms with Gasteiger partial charge < -0.3 is 14.6 Å². The lowest BCUT2D eigenvalue weighted by molar-refractivity contribution is -0.146. The van der Waals surface area contributed by atoms with Crippen LogP contribution in [-0.4, -0.2) is 51.8 Å². The number of esters is 1. The Morgan fingerprint density at radius 2 is 1.81 bits per heavy atom. The monoisotopic (exact) mass is 443 g/mol. The topological polar surface area (TPSA) is 97.7 Å². The van der Waals surface area contributed by atoms with Gasteiger partial charge in [-0.3, -0.25) is 19.3 Å². The fourth-order valence-electron chi connectivity index (χ4n) is 3.63. The van der Waals surface area contributed by atoms with Crippen LogP contribution < -0.4 is 5.32 Å². The lowest BCUT2D eigenvalue weighted by atomic mass is 9.99. The molecule has 2 heterocycles. The summed E-state index contributed by atoms with van der Waals surface area (Å²) >= 11 is 0. The zero-order chi connectivity index (χ0) is 23.6. The van der Waals surface area contributed by atoms with Gasteiger partial charge in [0.15, 0.2) is 6.61 Å². The van der Waals surface area contributed by atoms with Crippen molar-refractivity contribution in [3.05, 3.63) is 58.7 Å². The van der Waals surface area contributed by atoms with Crippen LogP contribution in [0.4, 0.5) is 9.18 Å². The number of carbonyl (C=O) groups is 4. The summed E-state index contributed by atoms with van der Waals surface area (Å²) in [7, 11) is 0. The third-order valence-electron chi connectivity index (χ3n) is 5.83. The van der Waals surface area contributed by atoms with Crippen molar-refractivity contribution in [2.24, 2.45) is 0 Å². The molecule has 0 radical (unpaired) electrons. The highest BCUT2D eigenvalue weighted by atomic mass is 19.1. The molecule has 170 valence electrons. The number of benzene rings is 1. The molecule has 1 aromatic heterocycles. The highest BCUT2D eigenvalue weighted by molar-refractivity contribution is 6.08. The Labute approximate surface area is 185 Å². The number of rotatable bonds is 8. The van der Waals surface area contributed by atoms with Gasteiger partial charge in [-0.1, -0.05) is 19.1 Å². The van der Waals surface area contributed by atoms with Crippen molar-refractivity contribution in [1.82, 2.24) is 14.8 Å². The van der Waals surface area contributed by atoms with Crippen LogP contribution in [0.15, 0.2) is 30.3 Å². The van der Waals surface area contributed by atoms with Gasteiger partial charge in [-0.05, 0) is 51.0 Å². The van der Waals surface area contributed by atoms with Gasteiger partial charge in [-0.15, -0.1) is 0 Å². The van der Waals surface area contributed by atoms with E-state index >= 15 is 0 Å². The molecule has 9 heteroatoms. The summed E-state index contributed by atoms with van der Waals surface area (Å²) in [5.41, 5.74) is 1.77. The van der Waals surface area contributed by atoms with E-state index in [0.29, 0.717) is 24.2 Å². The van der Waals surface area contributed by atoms with Crippen LogP contribution in [0.5, 0.6) is 0 Å². The van der Waals surface area contributed by atoms with Crippen LogP contribution in [0, 0.1) is 19.7 Å². The second-order valence-electron chi connectivity index (χ2n) is 8.09. The van der Waals surface area contributed by atoms with Crippen molar-refractivity contribution in [2.75, 3.05) is 13.2 Å². The first-order valence-corrected chi connectivity index (χ1v) is 10.3. The average Bonchev–Trinajstić information content (AvgIpc) is 3.15. The molecule has 0 spiro atoms. The predicted octanol–water partition coefficient (Wildman–Crippen LogP) is 2.74. The predicted molar refractivity (Wildman–Crippen MR) is 114 cm³/mol. The Balaban J connectivity index is 1.61. The molecule has 32 heavy (non-hydrogen) atoms. The number of Topliss-reactive ketones (excluding diaryl/α,β-unsaturated/α-hetero) is 1. The standard InChI is InChI=1S/C23H26FN3O5/c1-5-23(4)21(30)27(22(31)25-23)12-20(29)32-13-19(28)18-10-14(2)26(15(18)3)11-16-6-8-17(24)9-7-16/h6-10H,5,11-13H2,1-4H3,(H,25,31). The molecule has 3 amide bonds. The molecule has 1 atom stereocenters. The normalized spacial score (nSPS) is 18.1. The lowest BCUT2D eigenvalue weighted by Gasteiger charge is -2.18. The molecule has 8 nitrogen and oxygen atoms in total. The third-order valence-corrected chi connectivity index (χ3v) is 5.83. The maximum atomic E-state index is 13.1. The average molecular weight is 443 g/mol. The minimum atomic E-state index is -1.05. The van der Waals surface area contributed by atoms with Gasteiger partial charge in [0.1, 0.15) is 17.9 Å². The molecule has 1 saturated heterocycles. The van der Waals surface area contributed by atoms with Crippen molar-refractivity contribution in [1.29, 1.82) is 0 Å². The Kier molecular flexibility index (Phi) is 6.47. The Hall–Kier alpha value is -3.49. The second kappa shape index (κ2) is 8.94. The second-order valence-corrected chi connectivity index (χ2v) is 8.09. The van der Waals surface area contributed by atoms with E-state index in [1.807, 2.05) is 11.5 Å². The minimum Gasteiger partial charge on any atom is -0.456 e. The summed E-state index contributed by atoms with van der Waals surface area (Å²) in [6, 6.07) is 7.16. The molecule has 2 aromatic rings. The van der Waals surface area contributed by atoms with Crippen LogP contribution in [-0.2, 0) is 20.9 Å². The molecule has 3 rings (SSSR count). The lowest BCUT2D eigenvalue weighted by Crippen LogP contribution is -2.43. The Morgan fingerprint density at radius 1 is 1.16 bits per heavy atom. The van der Waals surface area contributed by atoms with E-state index < -0.39 is 42.4 Å². The van der Waals surface area contributed by atoms with Gasteiger partial charge in [-0.2, -0.15) is 0 Å². The quantitative estimate of drug-likeness (QED) is 0.384. The number of ketones is 1. The van der Waals surface area contributed by atoms with Gasteiger partial charge in [0, 0.05) is 23.5 Å². The number of amides is 3. The molecule has 1 aliphatic heterocycles. The number of nitrogens with one attached hydrogen (secondary N) is 1. The van der Waals surface area contributed by atoms with Crippen molar-refractivity contribution in [3.63, 3.8) is 0 Å². The van der Waals surface area contributed by atoms with Crippen molar-refractivity contribution >= 4 is 23.7 Å². The smallest absolute Gasteiger partial charge is 0.326 e. The maximum Gasteiger partial charge on any atom is 0.326 e. The van der Waals surface area contributed by atoms with Gasteiger partial charge >= 0.3 is 12.0 Å². The van der Waals surface area contributed by atoms with E-state index in [0.717, 1.165) is 16.2 Å². The number of hydrogen-bond donors (Lipinski definition) is 1. The molecule has 1 fully saturated rings. The maximum absolute atomic E-state index is 13.1. The molecule has 0 bridgehead atoms. The molecular formula is C23H26FN3O5. The van der Waals surface area contributed by atoms with E-state index in [9.17, 15) is 23.6 Å². The fraction of sp³-hybridized carbons (Fsp3) is 0.391. The molecule has 1 unspecified atom stereocenters. The molecule has 0 aliphatic carbocycles. The number of ether oxygens (including phenoxy) is 1. The molecular weight excluding hydrogens is 417 g/mol. The highest BCUT2D eigenvalue weighted by Gasteiger charge is 2.47. The van der Waals surface area contributed by atoms with E-state index in [1.54, 1.807) is 39.0 Å². The van der Waals surface area contributed by atoms with Crippen LogP contribution in [0.25, 0.3) is 0 Å². The molecule has 1 aliphatic rings. The summed E-state index contributed by atoms with van der Waals surface area (Å²) < 4.78 is 20.1. The Bertz CT molecular complexity index is 1080. The minimum absolute atomic E-state index is 0.320. The summed E-state index contributed by atoms with van der Waals surface area (Å²) in [4.78, 5) is 50.0. The highest BCUT2D eigenvalue weighted by Crippen LogP contribution is 2.21. The van der Waals surface area contributed by atoms with Gasteiger partial charge in [-0.25, -0.2) is 9.18 Å². The number of aromatic nitrogens is 1. The van der Waals surface area contributed by atoms with Gasteiger partial charge in [0.2, 0.25) is 5.78 Å². The number of hydrogen-bond acceptors (Lipinski definition) is 5. The van der Waals surface area contributed by atoms with E-state index in [1.165, 1.54) is 12.1 Å². The summed E-state index contributed by atoms with van der Waals surface area (Å²) in [5.74, 6) is -2.06. The molecule has 1 aromatic carbocycles. The third kappa shape index (κ3) is 4.56. The summed E-state index contributed by atoms with van der Waals surface area (Å²) in [5, 5.41) is 2.55. The van der Waals surface area contributed by atoms with E-state index in [4.69, 9.17) is 4.74 Å². The first kappa shape index (κ1) is 23.2. The van der Waals surface area contributed by atoms with Crippen LogP contribution in [0.3, 0.4) is 0 Å². The SMILES string of the molecule is CCC1(C)NC(=O)N(CC(=O)OCC(=O)c2cc(C)n(Cc3ccc(F)cc3)c2C)C1=O. The summed E-state index contributed by atoms with van der Waals surface area (Å²) in [6.45, 7) is 6.37. The Morgan fingerprint density at radius 3 is 2.41 bits per heavy atom. The number of nitrogens with zero attached hydrogens (tertiary/aromatic N) is 2. The van der Waals surface area contributed by atoms with Crippen molar-refractivity contribution in [2.45, 2.75) is 46.2 Å². The first-order valence-electron chi connectivity index (χ1n) is 10.3. The van der Waals surface area contributed by atoms with E-state index in [2.05, 4.69) is 5.32 Å². The van der Waals surface area contributed by atoms with Crippen LogP contribution in [0.2, 0.25) is 0 Å². The number of carbonyl (C=O) groups excluding carboxylic acids is 4. The van der Waals surface area contributed by atoms with Gasteiger partial charge in [0.25, 0.3) is 5.91 Å². The number of aryl methyl sites for hydroxylation is 1. The largest absolute Gasteiger partial charge is 0.456 e. The number of imide groups is 1. The fourth-order valence-corrected chi connectivity index (χ4v) is 3.63. The van der Waals surface area contributed by atoms with Crippen LogP contribution in [0.1, 0.15) is 47.6 Å². The summed E-state index contributed by atoms with van der Waals surface area (Å²) in [6.07, 6.45) is 0.384. The first-order chi connectivity index (χ1) is 15.1. The number of halogens is 1. The van der Waals surface area contributed by atoms with Gasteiger partial charge in [0.05, 0.1) is 0 Å². The van der Waals surface area contributed by atoms with E-state index in [-0.39, 0.29) is 5.82 Å².